The van der Waals surface area contributed by atoms with Gasteiger partial charge in [-0.1, -0.05) is 6.92 Å². The van der Waals surface area contributed by atoms with Gasteiger partial charge < -0.3 is 15.6 Å². The van der Waals surface area contributed by atoms with E-state index >= 15 is 0 Å². The highest BCUT2D eigenvalue weighted by molar-refractivity contribution is 5.77. The van der Waals surface area contributed by atoms with Crippen LogP contribution in [0.15, 0.2) is 18.2 Å². The number of imidazole rings is 1. The minimum atomic E-state index is -0.245. The third-order valence-electron chi connectivity index (χ3n) is 3.95. The number of piperidine rings is 1. The van der Waals surface area contributed by atoms with Gasteiger partial charge in [0.1, 0.15) is 5.82 Å². The first-order valence-electron chi connectivity index (χ1n) is 6.79. The van der Waals surface area contributed by atoms with Crippen molar-refractivity contribution in [1.29, 1.82) is 0 Å². The predicted molar refractivity (Wildman–Crippen MR) is 74.6 cm³/mol. The molecular weight excluding hydrogens is 243 g/mol. The van der Waals surface area contributed by atoms with Gasteiger partial charge in [0.2, 0.25) is 5.95 Å². The van der Waals surface area contributed by atoms with Crippen molar-refractivity contribution < 1.29 is 4.39 Å². The van der Waals surface area contributed by atoms with Crippen molar-refractivity contribution in [2.24, 2.45) is 11.7 Å². The lowest BCUT2D eigenvalue weighted by Crippen LogP contribution is -2.46. The lowest BCUT2D eigenvalue weighted by Gasteiger charge is -2.37. The molecule has 4 nitrogen and oxygen atoms in total. The van der Waals surface area contributed by atoms with Crippen molar-refractivity contribution in [2.45, 2.75) is 25.8 Å². The molecule has 102 valence electrons. The Kier molecular flexibility index (Phi) is 3.14. The van der Waals surface area contributed by atoms with Gasteiger partial charge in [-0.05, 0) is 37.0 Å². The van der Waals surface area contributed by atoms with E-state index in [-0.39, 0.29) is 5.82 Å². The van der Waals surface area contributed by atoms with Crippen LogP contribution in [0.2, 0.25) is 0 Å². The summed E-state index contributed by atoms with van der Waals surface area (Å²) in [5, 5.41) is 0. The maximum atomic E-state index is 13.2. The number of aromatic amines is 1. The maximum absolute atomic E-state index is 13.2. The molecule has 1 aromatic heterocycles. The minimum absolute atomic E-state index is 0.245. The SMILES string of the molecule is CC1CCN(c2nc3ccc(F)cc3[nH]2)C(CN)C1. The molecule has 0 spiro atoms. The number of nitrogens with two attached hydrogens (primary N) is 1. The Balaban J connectivity index is 1.94. The summed E-state index contributed by atoms with van der Waals surface area (Å²) in [5.41, 5.74) is 7.41. The summed E-state index contributed by atoms with van der Waals surface area (Å²) >= 11 is 0. The molecule has 3 rings (SSSR count). The highest BCUT2D eigenvalue weighted by atomic mass is 19.1. The van der Waals surface area contributed by atoms with Gasteiger partial charge in [-0.2, -0.15) is 0 Å². The summed E-state index contributed by atoms with van der Waals surface area (Å²) < 4.78 is 13.2. The van der Waals surface area contributed by atoms with Crippen molar-refractivity contribution in [3.05, 3.63) is 24.0 Å². The van der Waals surface area contributed by atoms with Crippen molar-refractivity contribution >= 4 is 17.0 Å². The van der Waals surface area contributed by atoms with E-state index in [1.54, 1.807) is 6.07 Å². The fourth-order valence-corrected chi connectivity index (χ4v) is 2.86. The predicted octanol–water partition coefficient (Wildman–Crippen LogP) is 2.27. The average molecular weight is 262 g/mol. The molecule has 3 N–H and O–H groups in total. The number of halogens is 1. The zero-order valence-electron chi connectivity index (χ0n) is 11.1. The van der Waals surface area contributed by atoms with Gasteiger partial charge in [0, 0.05) is 19.1 Å². The maximum Gasteiger partial charge on any atom is 0.204 e. The number of hydrogen-bond donors (Lipinski definition) is 2. The number of hydrogen-bond acceptors (Lipinski definition) is 3. The Morgan fingerprint density at radius 3 is 3.16 bits per heavy atom. The lowest BCUT2D eigenvalue weighted by atomic mass is 9.93. The first-order valence-corrected chi connectivity index (χ1v) is 6.79. The molecule has 0 aliphatic carbocycles. The summed E-state index contributed by atoms with van der Waals surface area (Å²) in [6, 6.07) is 4.94. The molecule has 2 aromatic rings. The fraction of sp³-hybridized carbons (Fsp3) is 0.500. The summed E-state index contributed by atoms with van der Waals surface area (Å²) in [4.78, 5) is 9.97. The van der Waals surface area contributed by atoms with E-state index in [1.165, 1.54) is 12.1 Å². The number of fused-ring (bicyclic) bond motifs is 1. The Morgan fingerprint density at radius 2 is 2.37 bits per heavy atom. The smallest absolute Gasteiger partial charge is 0.204 e. The number of benzene rings is 1. The van der Waals surface area contributed by atoms with E-state index in [2.05, 4.69) is 21.8 Å². The van der Waals surface area contributed by atoms with Crippen molar-refractivity contribution in [1.82, 2.24) is 9.97 Å². The molecule has 1 aromatic carbocycles. The lowest BCUT2D eigenvalue weighted by molar-refractivity contribution is 0.363. The van der Waals surface area contributed by atoms with Gasteiger partial charge in [0.25, 0.3) is 0 Å². The molecule has 2 unspecified atom stereocenters. The molecule has 2 heterocycles. The summed E-state index contributed by atoms with van der Waals surface area (Å²) in [6.07, 6.45) is 2.23. The zero-order chi connectivity index (χ0) is 13.4. The molecule has 19 heavy (non-hydrogen) atoms. The van der Waals surface area contributed by atoms with E-state index in [0.717, 1.165) is 36.4 Å². The molecule has 1 aliphatic heterocycles. The first-order chi connectivity index (χ1) is 9.17. The topological polar surface area (TPSA) is 57.9 Å². The molecule has 5 heteroatoms. The highest BCUT2D eigenvalue weighted by Gasteiger charge is 2.27. The Hall–Kier alpha value is -1.62. The van der Waals surface area contributed by atoms with Crippen LogP contribution in [0.4, 0.5) is 10.3 Å². The molecule has 0 amide bonds. The van der Waals surface area contributed by atoms with Gasteiger partial charge >= 0.3 is 0 Å². The quantitative estimate of drug-likeness (QED) is 0.873. The van der Waals surface area contributed by atoms with E-state index in [0.29, 0.717) is 18.5 Å². The Bertz CT molecular complexity index is 580. The van der Waals surface area contributed by atoms with Crippen LogP contribution in [0.5, 0.6) is 0 Å². The van der Waals surface area contributed by atoms with Gasteiger partial charge in [0.15, 0.2) is 0 Å². The van der Waals surface area contributed by atoms with E-state index in [9.17, 15) is 4.39 Å². The van der Waals surface area contributed by atoms with Crippen LogP contribution in [0, 0.1) is 11.7 Å². The summed E-state index contributed by atoms with van der Waals surface area (Å²) in [5.74, 6) is 1.26. The molecule has 0 bridgehead atoms. The van der Waals surface area contributed by atoms with E-state index in [1.807, 2.05) is 0 Å². The van der Waals surface area contributed by atoms with Gasteiger partial charge in [0.05, 0.1) is 11.0 Å². The average Bonchev–Trinajstić information content (AvgIpc) is 2.81. The van der Waals surface area contributed by atoms with Crippen molar-refractivity contribution in [3.63, 3.8) is 0 Å². The molecule has 1 aliphatic rings. The van der Waals surface area contributed by atoms with Crippen molar-refractivity contribution in [2.75, 3.05) is 18.0 Å². The largest absolute Gasteiger partial charge is 0.338 e. The van der Waals surface area contributed by atoms with Crippen LogP contribution in [0.25, 0.3) is 11.0 Å². The molecular formula is C14H19FN4. The highest BCUT2D eigenvalue weighted by Crippen LogP contribution is 2.27. The monoisotopic (exact) mass is 262 g/mol. The second-order valence-corrected chi connectivity index (χ2v) is 5.43. The zero-order valence-corrected chi connectivity index (χ0v) is 11.1. The standard InChI is InChI=1S/C14H19FN4/c1-9-4-5-19(11(6-9)8-16)14-17-12-3-2-10(15)7-13(12)18-14/h2-3,7,9,11H,4-6,8,16H2,1H3,(H,17,18). The second-order valence-electron chi connectivity index (χ2n) is 5.43. The Labute approximate surface area is 111 Å². The molecule has 1 fully saturated rings. The van der Waals surface area contributed by atoms with Gasteiger partial charge in [-0.3, -0.25) is 0 Å². The minimum Gasteiger partial charge on any atom is -0.338 e. The second kappa shape index (κ2) is 4.81. The Morgan fingerprint density at radius 1 is 1.53 bits per heavy atom. The van der Waals surface area contributed by atoms with Gasteiger partial charge in [-0.25, -0.2) is 9.37 Å². The van der Waals surface area contributed by atoms with Crippen LogP contribution in [-0.2, 0) is 0 Å². The summed E-state index contributed by atoms with van der Waals surface area (Å²) in [7, 11) is 0. The van der Waals surface area contributed by atoms with Crippen molar-refractivity contribution in [3.8, 4) is 0 Å². The molecule has 0 radical (unpaired) electrons. The van der Waals surface area contributed by atoms with Crippen LogP contribution < -0.4 is 10.6 Å². The van der Waals surface area contributed by atoms with Crippen LogP contribution in [-0.4, -0.2) is 29.1 Å². The third-order valence-corrected chi connectivity index (χ3v) is 3.95. The normalized spacial score (nSPS) is 24.1. The molecule has 1 saturated heterocycles. The number of anilines is 1. The van der Waals surface area contributed by atoms with E-state index in [4.69, 9.17) is 5.73 Å². The van der Waals surface area contributed by atoms with Crippen LogP contribution >= 0.6 is 0 Å². The van der Waals surface area contributed by atoms with Gasteiger partial charge in [-0.15, -0.1) is 0 Å². The third kappa shape index (κ3) is 2.30. The number of nitrogens with one attached hydrogen (secondary N) is 1. The van der Waals surface area contributed by atoms with Crippen LogP contribution in [0.1, 0.15) is 19.8 Å². The number of aromatic nitrogens is 2. The summed E-state index contributed by atoms with van der Waals surface area (Å²) in [6.45, 7) is 3.83. The first kappa shape index (κ1) is 12.4. The number of nitrogens with zero attached hydrogens (tertiary/aromatic N) is 2. The van der Waals surface area contributed by atoms with E-state index < -0.39 is 0 Å². The number of H-pyrrole nitrogens is 1. The fourth-order valence-electron chi connectivity index (χ4n) is 2.86. The number of rotatable bonds is 2. The molecule has 2 atom stereocenters. The molecule has 0 saturated carbocycles. The van der Waals surface area contributed by atoms with Crippen LogP contribution in [0.3, 0.4) is 0 Å².